The number of hydrogen-bond donors (Lipinski definition) is 1. The zero-order valence-electron chi connectivity index (χ0n) is 12.5. The van der Waals surface area contributed by atoms with Gasteiger partial charge in [0, 0.05) is 17.5 Å². The van der Waals surface area contributed by atoms with Crippen molar-refractivity contribution in [1.82, 2.24) is 9.97 Å². The highest BCUT2D eigenvalue weighted by Crippen LogP contribution is 2.36. The summed E-state index contributed by atoms with van der Waals surface area (Å²) >= 11 is 0. The molecule has 1 aromatic heterocycles. The van der Waals surface area contributed by atoms with Gasteiger partial charge in [-0.15, -0.1) is 0 Å². The van der Waals surface area contributed by atoms with E-state index in [-0.39, 0.29) is 0 Å². The molecule has 0 saturated heterocycles. The monoisotopic (exact) mass is 260 g/mol. The van der Waals surface area contributed by atoms with E-state index in [1.807, 2.05) is 0 Å². The molecule has 2 aliphatic carbocycles. The zero-order chi connectivity index (χ0) is 13.2. The predicted octanol–water partition coefficient (Wildman–Crippen LogP) is 4.92. The molecule has 3 rings (SSSR count). The van der Waals surface area contributed by atoms with Crippen LogP contribution in [0.2, 0.25) is 0 Å². The number of H-pyrrole nitrogens is 1. The number of fused-ring (bicyclic) bond motifs is 1. The number of nitrogens with zero attached hydrogens (tertiary/aromatic N) is 1. The second kappa shape index (κ2) is 5.68. The van der Waals surface area contributed by atoms with Gasteiger partial charge in [0.05, 0.1) is 5.69 Å². The Balaban J connectivity index is 1.79. The fraction of sp³-hybridized carbons (Fsp3) is 0.824. The van der Waals surface area contributed by atoms with Crippen molar-refractivity contribution in [3.63, 3.8) is 0 Å². The Morgan fingerprint density at radius 1 is 1.00 bits per heavy atom. The lowest BCUT2D eigenvalue weighted by Crippen LogP contribution is -2.14. The number of nitrogens with one attached hydrogen (secondary N) is 1. The summed E-state index contributed by atoms with van der Waals surface area (Å²) in [5, 5.41) is 0. The molecule has 0 amide bonds. The van der Waals surface area contributed by atoms with Gasteiger partial charge in [-0.2, -0.15) is 0 Å². The van der Waals surface area contributed by atoms with Crippen molar-refractivity contribution < 1.29 is 0 Å². The van der Waals surface area contributed by atoms with Gasteiger partial charge in [-0.05, 0) is 31.6 Å². The molecule has 0 aliphatic heterocycles. The van der Waals surface area contributed by atoms with Gasteiger partial charge in [0.2, 0.25) is 0 Å². The minimum atomic E-state index is 0.650. The lowest BCUT2D eigenvalue weighted by atomic mass is 9.84. The molecule has 0 bridgehead atoms. The van der Waals surface area contributed by atoms with Gasteiger partial charge >= 0.3 is 0 Å². The van der Waals surface area contributed by atoms with Gasteiger partial charge in [0.1, 0.15) is 5.82 Å². The first kappa shape index (κ1) is 13.2. The summed E-state index contributed by atoms with van der Waals surface area (Å²) in [7, 11) is 0. The average molecular weight is 260 g/mol. The van der Waals surface area contributed by atoms with E-state index in [2.05, 4.69) is 18.8 Å². The summed E-state index contributed by atoms with van der Waals surface area (Å²) in [5.74, 6) is 3.48. The molecule has 2 aliphatic rings. The van der Waals surface area contributed by atoms with Gasteiger partial charge in [-0.25, -0.2) is 4.98 Å². The first-order valence-corrected chi connectivity index (χ1v) is 8.32. The van der Waals surface area contributed by atoms with E-state index >= 15 is 0 Å². The van der Waals surface area contributed by atoms with Crippen LogP contribution in [-0.4, -0.2) is 9.97 Å². The number of aromatic amines is 1. The van der Waals surface area contributed by atoms with Crippen molar-refractivity contribution in [2.45, 2.75) is 83.5 Å². The predicted molar refractivity (Wildman–Crippen MR) is 79.5 cm³/mol. The van der Waals surface area contributed by atoms with Crippen LogP contribution in [0.5, 0.6) is 0 Å². The molecule has 2 heteroatoms. The van der Waals surface area contributed by atoms with E-state index < -0.39 is 0 Å². The summed E-state index contributed by atoms with van der Waals surface area (Å²) in [6.45, 7) is 4.72. The van der Waals surface area contributed by atoms with Gasteiger partial charge < -0.3 is 4.98 Å². The maximum atomic E-state index is 5.01. The van der Waals surface area contributed by atoms with Crippen molar-refractivity contribution in [1.29, 1.82) is 0 Å². The standard InChI is InChI=1S/C17H28N2/c1-12-10-13(2)16-15(11-12)18-17(19-16)14-8-6-4-3-5-7-9-14/h12-14H,3-11H2,1-2H3,(H,18,19). The van der Waals surface area contributed by atoms with Crippen LogP contribution >= 0.6 is 0 Å². The molecule has 0 spiro atoms. The minimum absolute atomic E-state index is 0.650. The summed E-state index contributed by atoms with van der Waals surface area (Å²) in [6.07, 6.45) is 12.3. The van der Waals surface area contributed by atoms with Crippen molar-refractivity contribution >= 4 is 0 Å². The fourth-order valence-corrected chi connectivity index (χ4v) is 4.08. The van der Waals surface area contributed by atoms with E-state index in [9.17, 15) is 0 Å². The Hall–Kier alpha value is -0.790. The van der Waals surface area contributed by atoms with Gasteiger partial charge in [0.25, 0.3) is 0 Å². The molecule has 0 radical (unpaired) electrons. The van der Waals surface area contributed by atoms with Crippen LogP contribution < -0.4 is 0 Å². The normalized spacial score (nSPS) is 29.6. The number of hydrogen-bond acceptors (Lipinski definition) is 1. The molecule has 2 nitrogen and oxygen atoms in total. The third-order valence-corrected chi connectivity index (χ3v) is 5.10. The van der Waals surface area contributed by atoms with Crippen LogP contribution in [0, 0.1) is 5.92 Å². The fourth-order valence-electron chi connectivity index (χ4n) is 4.08. The molecule has 1 heterocycles. The molecule has 1 aromatic rings. The second-order valence-electron chi connectivity index (χ2n) is 6.97. The van der Waals surface area contributed by atoms with E-state index in [1.54, 1.807) is 0 Å². The Labute approximate surface area is 117 Å². The van der Waals surface area contributed by atoms with E-state index in [1.165, 1.54) is 75.0 Å². The first-order valence-electron chi connectivity index (χ1n) is 8.32. The van der Waals surface area contributed by atoms with Crippen molar-refractivity contribution in [2.24, 2.45) is 5.92 Å². The van der Waals surface area contributed by atoms with Crippen molar-refractivity contribution in [2.75, 3.05) is 0 Å². The highest BCUT2D eigenvalue weighted by Gasteiger charge is 2.27. The SMILES string of the molecule is CC1Cc2[nH]c(C3CCCCCCC3)nc2C(C)C1. The molecular weight excluding hydrogens is 232 g/mol. The molecular formula is C17H28N2. The highest BCUT2D eigenvalue weighted by molar-refractivity contribution is 5.23. The molecule has 2 unspecified atom stereocenters. The Bertz CT molecular complexity index is 413. The number of imidazole rings is 1. The molecule has 1 N–H and O–H groups in total. The molecule has 19 heavy (non-hydrogen) atoms. The highest BCUT2D eigenvalue weighted by atomic mass is 15.0. The third-order valence-electron chi connectivity index (χ3n) is 5.10. The Morgan fingerprint density at radius 2 is 1.68 bits per heavy atom. The maximum Gasteiger partial charge on any atom is 0.109 e. The third kappa shape index (κ3) is 2.88. The van der Waals surface area contributed by atoms with E-state index in [4.69, 9.17) is 4.98 Å². The van der Waals surface area contributed by atoms with Crippen LogP contribution in [0.25, 0.3) is 0 Å². The summed E-state index contributed by atoms with van der Waals surface area (Å²) in [5.41, 5.74) is 2.83. The van der Waals surface area contributed by atoms with Crippen LogP contribution in [0.4, 0.5) is 0 Å². The average Bonchev–Trinajstić information content (AvgIpc) is 2.72. The molecule has 2 atom stereocenters. The smallest absolute Gasteiger partial charge is 0.109 e. The van der Waals surface area contributed by atoms with Crippen LogP contribution in [-0.2, 0) is 6.42 Å². The molecule has 0 aromatic carbocycles. The molecule has 1 fully saturated rings. The minimum Gasteiger partial charge on any atom is -0.345 e. The zero-order valence-corrected chi connectivity index (χ0v) is 12.5. The topological polar surface area (TPSA) is 28.7 Å². The summed E-state index contributed by atoms with van der Waals surface area (Å²) in [4.78, 5) is 8.71. The number of aromatic nitrogens is 2. The molecule has 106 valence electrons. The summed E-state index contributed by atoms with van der Waals surface area (Å²) in [6, 6.07) is 0. The first-order chi connectivity index (χ1) is 9.24. The van der Waals surface area contributed by atoms with Crippen LogP contribution in [0.15, 0.2) is 0 Å². The molecule has 1 saturated carbocycles. The lowest BCUT2D eigenvalue weighted by Gasteiger charge is -2.22. The van der Waals surface area contributed by atoms with Gasteiger partial charge in [-0.1, -0.05) is 46.0 Å². The van der Waals surface area contributed by atoms with Crippen molar-refractivity contribution in [3.8, 4) is 0 Å². The Morgan fingerprint density at radius 3 is 2.42 bits per heavy atom. The summed E-state index contributed by atoms with van der Waals surface area (Å²) < 4.78 is 0. The van der Waals surface area contributed by atoms with Gasteiger partial charge in [-0.3, -0.25) is 0 Å². The van der Waals surface area contributed by atoms with Crippen LogP contribution in [0.3, 0.4) is 0 Å². The van der Waals surface area contributed by atoms with Gasteiger partial charge in [0.15, 0.2) is 0 Å². The van der Waals surface area contributed by atoms with E-state index in [0.717, 1.165) is 5.92 Å². The maximum absolute atomic E-state index is 5.01. The van der Waals surface area contributed by atoms with E-state index in [0.29, 0.717) is 11.8 Å². The quantitative estimate of drug-likeness (QED) is 0.762. The lowest BCUT2D eigenvalue weighted by molar-refractivity contribution is 0.440. The van der Waals surface area contributed by atoms with Crippen molar-refractivity contribution in [3.05, 3.63) is 17.2 Å². The largest absolute Gasteiger partial charge is 0.345 e. The van der Waals surface area contributed by atoms with Crippen LogP contribution in [0.1, 0.15) is 94.3 Å². The number of rotatable bonds is 1. The second-order valence-corrected chi connectivity index (χ2v) is 6.97. The Kier molecular flexibility index (Phi) is 3.95.